The van der Waals surface area contributed by atoms with Gasteiger partial charge in [-0.05, 0) is 24.6 Å². The summed E-state index contributed by atoms with van der Waals surface area (Å²) in [6.45, 7) is 0. The molecule has 1 saturated heterocycles. The monoisotopic (exact) mass is 282 g/mol. The molecule has 1 aliphatic rings. The molecule has 1 aromatic carbocycles. The topological polar surface area (TPSA) is 95.5 Å². The summed E-state index contributed by atoms with van der Waals surface area (Å²) in [5.41, 5.74) is 0.0632. The second-order valence-electron chi connectivity index (χ2n) is 4.14. The third kappa shape index (κ3) is 3.03. The van der Waals surface area contributed by atoms with Crippen molar-refractivity contribution < 1.29 is 19.5 Å². The standard InChI is InChI=1S/C12H11ClN2O4/c13-6-1-2-8(7(5-6)12(18)19)15-11(17)9-3-4-10(16)14-9/h1-2,5,9H,3-4H2,(H,14,16)(H,15,17)(H,18,19)/t9-/m1/s1. The van der Waals surface area contributed by atoms with Crippen molar-refractivity contribution in [2.45, 2.75) is 18.9 Å². The molecule has 0 bridgehead atoms. The summed E-state index contributed by atoms with van der Waals surface area (Å²) >= 11 is 5.71. The minimum Gasteiger partial charge on any atom is -0.478 e. The Kier molecular flexibility index (Phi) is 3.71. The molecule has 0 radical (unpaired) electrons. The van der Waals surface area contributed by atoms with Gasteiger partial charge in [0.1, 0.15) is 6.04 Å². The van der Waals surface area contributed by atoms with Crippen LogP contribution in [0.25, 0.3) is 0 Å². The van der Waals surface area contributed by atoms with Gasteiger partial charge in [-0.3, -0.25) is 9.59 Å². The maximum Gasteiger partial charge on any atom is 0.337 e. The number of anilines is 1. The Morgan fingerprint density at radius 3 is 2.74 bits per heavy atom. The second kappa shape index (κ2) is 5.27. The first-order chi connectivity index (χ1) is 8.97. The Balaban J connectivity index is 2.17. The van der Waals surface area contributed by atoms with Crippen molar-refractivity contribution in [3.8, 4) is 0 Å². The zero-order chi connectivity index (χ0) is 14.0. The average molecular weight is 283 g/mol. The van der Waals surface area contributed by atoms with Crippen molar-refractivity contribution in [1.82, 2.24) is 5.32 Å². The number of nitrogens with one attached hydrogen (secondary N) is 2. The summed E-state index contributed by atoms with van der Waals surface area (Å²) in [6, 6.07) is 3.54. The molecule has 6 nitrogen and oxygen atoms in total. The van der Waals surface area contributed by atoms with E-state index in [2.05, 4.69) is 10.6 Å². The third-order valence-corrected chi connectivity index (χ3v) is 3.02. The minimum absolute atomic E-state index is 0.0924. The lowest BCUT2D eigenvalue weighted by Crippen LogP contribution is -2.37. The van der Waals surface area contributed by atoms with Crippen LogP contribution in [0.2, 0.25) is 5.02 Å². The molecule has 0 unspecified atom stereocenters. The molecule has 0 aliphatic carbocycles. The summed E-state index contributed by atoms with van der Waals surface area (Å²) in [7, 11) is 0. The highest BCUT2D eigenvalue weighted by atomic mass is 35.5. The summed E-state index contributed by atoms with van der Waals surface area (Å²) in [6.07, 6.45) is 0.700. The molecule has 1 aromatic rings. The Labute approximate surface area is 113 Å². The van der Waals surface area contributed by atoms with E-state index in [9.17, 15) is 14.4 Å². The molecule has 1 fully saturated rings. The smallest absolute Gasteiger partial charge is 0.337 e. The number of halogens is 1. The highest BCUT2D eigenvalue weighted by Crippen LogP contribution is 2.21. The van der Waals surface area contributed by atoms with E-state index in [1.807, 2.05) is 0 Å². The minimum atomic E-state index is -1.19. The highest BCUT2D eigenvalue weighted by molar-refractivity contribution is 6.31. The normalized spacial score (nSPS) is 17.9. The average Bonchev–Trinajstić information content (AvgIpc) is 2.78. The van der Waals surface area contributed by atoms with E-state index < -0.39 is 17.9 Å². The SMILES string of the molecule is O=C1CC[C@H](C(=O)Nc2ccc(Cl)cc2C(=O)O)N1. The second-order valence-corrected chi connectivity index (χ2v) is 4.58. The van der Waals surface area contributed by atoms with Gasteiger partial charge in [0.25, 0.3) is 0 Å². The van der Waals surface area contributed by atoms with Gasteiger partial charge in [0.2, 0.25) is 11.8 Å². The van der Waals surface area contributed by atoms with E-state index in [0.717, 1.165) is 0 Å². The largest absolute Gasteiger partial charge is 0.478 e. The van der Waals surface area contributed by atoms with Crippen molar-refractivity contribution >= 4 is 35.1 Å². The Hall–Kier alpha value is -2.08. The van der Waals surface area contributed by atoms with Crippen LogP contribution in [0.1, 0.15) is 23.2 Å². The predicted octanol–water partition coefficient (Wildman–Crippen LogP) is 1.26. The molecule has 0 aromatic heterocycles. The molecule has 1 heterocycles. The predicted molar refractivity (Wildman–Crippen MR) is 68.2 cm³/mol. The van der Waals surface area contributed by atoms with Crippen molar-refractivity contribution in [3.63, 3.8) is 0 Å². The van der Waals surface area contributed by atoms with Gasteiger partial charge in [0.05, 0.1) is 11.3 Å². The molecule has 100 valence electrons. The van der Waals surface area contributed by atoms with Crippen LogP contribution in [-0.4, -0.2) is 28.9 Å². The fourth-order valence-electron chi connectivity index (χ4n) is 1.83. The van der Waals surface area contributed by atoms with Gasteiger partial charge in [0, 0.05) is 11.4 Å². The van der Waals surface area contributed by atoms with Crippen LogP contribution in [0, 0.1) is 0 Å². The van der Waals surface area contributed by atoms with Gasteiger partial charge in [-0.1, -0.05) is 11.6 Å². The highest BCUT2D eigenvalue weighted by Gasteiger charge is 2.27. The van der Waals surface area contributed by atoms with E-state index in [4.69, 9.17) is 16.7 Å². The summed E-state index contributed by atoms with van der Waals surface area (Å²) in [4.78, 5) is 33.9. The van der Waals surface area contributed by atoms with Gasteiger partial charge in [0.15, 0.2) is 0 Å². The van der Waals surface area contributed by atoms with Crippen LogP contribution in [0.4, 0.5) is 5.69 Å². The molecule has 19 heavy (non-hydrogen) atoms. The van der Waals surface area contributed by atoms with E-state index >= 15 is 0 Å². The Morgan fingerprint density at radius 1 is 1.42 bits per heavy atom. The maximum atomic E-state index is 11.9. The number of aromatic carboxylic acids is 1. The van der Waals surface area contributed by atoms with Crippen molar-refractivity contribution in [1.29, 1.82) is 0 Å². The number of carbonyl (C=O) groups excluding carboxylic acids is 2. The first-order valence-corrected chi connectivity index (χ1v) is 5.98. The number of hydrogen-bond acceptors (Lipinski definition) is 3. The number of hydrogen-bond donors (Lipinski definition) is 3. The number of amides is 2. The van der Waals surface area contributed by atoms with Crippen LogP contribution in [-0.2, 0) is 9.59 Å². The number of carboxylic acid groups (broad SMARTS) is 1. The Bertz CT molecular complexity index is 559. The van der Waals surface area contributed by atoms with Crippen LogP contribution in [0.5, 0.6) is 0 Å². The summed E-state index contributed by atoms with van der Waals surface area (Å²) < 4.78 is 0. The van der Waals surface area contributed by atoms with Crippen LogP contribution in [0.3, 0.4) is 0 Å². The maximum absolute atomic E-state index is 11.9. The first kappa shape index (κ1) is 13.4. The van der Waals surface area contributed by atoms with Gasteiger partial charge in [-0.15, -0.1) is 0 Å². The van der Waals surface area contributed by atoms with E-state index in [-0.39, 0.29) is 22.2 Å². The lowest BCUT2D eigenvalue weighted by molar-refractivity contribution is -0.122. The molecule has 1 aliphatic heterocycles. The fourth-order valence-corrected chi connectivity index (χ4v) is 2.01. The van der Waals surface area contributed by atoms with Crippen molar-refractivity contribution in [2.75, 3.05) is 5.32 Å². The van der Waals surface area contributed by atoms with Crippen LogP contribution in [0.15, 0.2) is 18.2 Å². The molecule has 1 atom stereocenters. The van der Waals surface area contributed by atoms with Crippen molar-refractivity contribution in [2.24, 2.45) is 0 Å². The van der Waals surface area contributed by atoms with Gasteiger partial charge in [-0.2, -0.15) is 0 Å². The zero-order valence-corrected chi connectivity index (χ0v) is 10.5. The van der Waals surface area contributed by atoms with E-state index in [1.54, 1.807) is 0 Å². The Morgan fingerprint density at radius 2 is 2.16 bits per heavy atom. The van der Waals surface area contributed by atoms with Crippen LogP contribution < -0.4 is 10.6 Å². The number of carbonyl (C=O) groups is 3. The lowest BCUT2D eigenvalue weighted by atomic mass is 10.1. The molecule has 7 heteroatoms. The quantitative estimate of drug-likeness (QED) is 0.777. The lowest BCUT2D eigenvalue weighted by Gasteiger charge is -2.12. The molecule has 0 spiro atoms. The molecular weight excluding hydrogens is 272 g/mol. The molecule has 3 N–H and O–H groups in total. The van der Waals surface area contributed by atoms with Gasteiger partial charge < -0.3 is 15.7 Å². The van der Waals surface area contributed by atoms with Crippen molar-refractivity contribution in [3.05, 3.63) is 28.8 Å². The summed E-state index contributed by atoms with van der Waals surface area (Å²) in [5.74, 6) is -1.81. The van der Waals surface area contributed by atoms with E-state index in [1.165, 1.54) is 18.2 Å². The number of carboxylic acids is 1. The zero-order valence-electron chi connectivity index (χ0n) is 9.77. The molecular formula is C12H11ClN2O4. The molecule has 2 rings (SSSR count). The van der Waals surface area contributed by atoms with Gasteiger partial charge in [-0.25, -0.2) is 4.79 Å². The van der Waals surface area contributed by atoms with Gasteiger partial charge >= 0.3 is 5.97 Å². The number of benzene rings is 1. The summed E-state index contributed by atoms with van der Waals surface area (Å²) in [5, 5.41) is 14.3. The molecule has 2 amide bonds. The van der Waals surface area contributed by atoms with E-state index in [0.29, 0.717) is 12.8 Å². The van der Waals surface area contributed by atoms with Crippen LogP contribution >= 0.6 is 11.6 Å². The first-order valence-electron chi connectivity index (χ1n) is 5.60. The third-order valence-electron chi connectivity index (χ3n) is 2.78. The fraction of sp³-hybridized carbons (Fsp3) is 0.250. The number of rotatable bonds is 3. The molecule has 0 saturated carbocycles.